The maximum Gasteiger partial charge on any atom is 0.198 e. The number of aromatic nitrogens is 3. The van der Waals surface area contributed by atoms with Gasteiger partial charge in [0.05, 0.1) is 17.5 Å². The van der Waals surface area contributed by atoms with Crippen LogP contribution in [-0.2, 0) is 9.84 Å². The Morgan fingerprint density at radius 3 is 2.53 bits per heavy atom. The number of fused-ring (bicyclic) bond motifs is 1. The van der Waals surface area contributed by atoms with E-state index < -0.39 is 20.7 Å². The number of nitrogens with one attached hydrogen (secondary N) is 1. The van der Waals surface area contributed by atoms with Crippen LogP contribution in [-0.4, -0.2) is 53.9 Å². The standard InChI is InChI=1S/C25H32N4O4S/c1-6-21(34(5,31)32)33-18-12-16(11-17(13-18)29-9-7-8-10-29)20-15-27-24-22(28-20)19(14-26-24)23(30)25(2,3)4/h11-15,21H,6-10H2,1-5H3,(H,26,27). The molecule has 1 saturated heterocycles. The summed E-state index contributed by atoms with van der Waals surface area (Å²) in [5, 5.41) is 0. The normalized spacial score (nSPS) is 15.6. The molecule has 1 fully saturated rings. The van der Waals surface area contributed by atoms with Crippen molar-refractivity contribution < 1.29 is 17.9 Å². The average molecular weight is 485 g/mol. The van der Waals surface area contributed by atoms with Gasteiger partial charge in [0.15, 0.2) is 26.7 Å². The van der Waals surface area contributed by atoms with Gasteiger partial charge in [-0.25, -0.2) is 18.4 Å². The van der Waals surface area contributed by atoms with Gasteiger partial charge in [-0.1, -0.05) is 27.7 Å². The van der Waals surface area contributed by atoms with Crippen LogP contribution < -0.4 is 9.64 Å². The fourth-order valence-electron chi connectivity index (χ4n) is 4.19. The number of ether oxygens (including phenoxy) is 1. The van der Waals surface area contributed by atoms with Gasteiger partial charge in [0, 0.05) is 48.3 Å². The molecular weight excluding hydrogens is 452 g/mol. The van der Waals surface area contributed by atoms with Crippen LogP contribution >= 0.6 is 0 Å². The summed E-state index contributed by atoms with van der Waals surface area (Å²) in [5.41, 5.74) is 2.40. The largest absolute Gasteiger partial charge is 0.475 e. The molecule has 4 rings (SSSR count). The molecule has 1 aliphatic heterocycles. The molecule has 1 aliphatic rings. The molecular formula is C25H32N4O4S. The van der Waals surface area contributed by atoms with Crippen molar-refractivity contribution >= 4 is 32.5 Å². The van der Waals surface area contributed by atoms with Gasteiger partial charge in [0.1, 0.15) is 11.3 Å². The van der Waals surface area contributed by atoms with Crippen molar-refractivity contribution in [3.8, 4) is 17.0 Å². The first-order chi connectivity index (χ1) is 16.0. The predicted molar refractivity (Wildman–Crippen MR) is 134 cm³/mol. The number of H-pyrrole nitrogens is 1. The van der Waals surface area contributed by atoms with Crippen molar-refractivity contribution in [3.63, 3.8) is 0 Å². The molecule has 0 saturated carbocycles. The summed E-state index contributed by atoms with van der Waals surface area (Å²) in [7, 11) is -3.38. The lowest BCUT2D eigenvalue weighted by Crippen LogP contribution is -2.26. The van der Waals surface area contributed by atoms with Crippen LogP contribution in [0, 0.1) is 5.41 Å². The topological polar surface area (TPSA) is 105 Å². The molecule has 0 spiro atoms. The molecule has 3 aromatic rings. The Labute approximate surface area is 200 Å². The summed E-state index contributed by atoms with van der Waals surface area (Å²) in [6, 6.07) is 5.70. The highest BCUT2D eigenvalue weighted by Crippen LogP contribution is 2.33. The van der Waals surface area contributed by atoms with Crippen LogP contribution in [0.1, 0.15) is 57.3 Å². The number of ketones is 1. The highest BCUT2D eigenvalue weighted by atomic mass is 32.2. The summed E-state index contributed by atoms with van der Waals surface area (Å²) in [6.45, 7) is 9.27. The number of Topliss-reactive ketones (excluding diaryl/α,β-unsaturated/α-hetero) is 1. The number of rotatable bonds is 7. The van der Waals surface area contributed by atoms with Gasteiger partial charge in [-0.05, 0) is 31.4 Å². The van der Waals surface area contributed by atoms with Gasteiger partial charge in [0.2, 0.25) is 0 Å². The third-order valence-corrected chi connectivity index (χ3v) is 7.43. The molecule has 3 heterocycles. The van der Waals surface area contributed by atoms with E-state index in [-0.39, 0.29) is 5.78 Å². The van der Waals surface area contributed by atoms with Crippen molar-refractivity contribution in [2.24, 2.45) is 5.41 Å². The van der Waals surface area contributed by atoms with E-state index >= 15 is 0 Å². The van der Waals surface area contributed by atoms with Crippen molar-refractivity contribution in [1.29, 1.82) is 0 Å². The maximum absolute atomic E-state index is 12.9. The second kappa shape index (κ2) is 9.02. The zero-order chi connectivity index (χ0) is 24.7. The van der Waals surface area contributed by atoms with Crippen molar-refractivity contribution in [2.75, 3.05) is 24.2 Å². The van der Waals surface area contributed by atoms with E-state index in [0.717, 1.165) is 37.2 Å². The third-order valence-electron chi connectivity index (χ3n) is 6.04. The minimum Gasteiger partial charge on any atom is -0.475 e. The van der Waals surface area contributed by atoms with Crippen LogP contribution in [0.4, 0.5) is 5.69 Å². The van der Waals surface area contributed by atoms with Gasteiger partial charge in [-0.2, -0.15) is 0 Å². The molecule has 0 aliphatic carbocycles. The van der Waals surface area contributed by atoms with Crippen LogP contribution in [0.3, 0.4) is 0 Å². The molecule has 182 valence electrons. The summed E-state index contributed by atoms with van der Waals surface area (Å²) < 4.78 is 30.3. The molecule has 1 unspecified atom stereocenters. The predicted octanol–water partition coefficient (Wildman–Crippen LogP) is 4.61. The Hall–Kier alpha value is -2.94. The molecule has 1 aromatic carbocycles. The highest BCUT2D eigenvalue weighted by molar-refractivity contribution is 7.91. The number of carbonyl (C=O) groups excluding carboxylic acids is 1. The fraction of sp³-hybridized carbons (Fsp3) is 0.480. The molecule has 2 aromatic heterocycles. The first kappa shape index (κ1) is 24.2. The smallest absolute Gasteiger partial charge is 0.198 e. The summed E-state index contributed by atoms with van der Waals surface area (Å²) >= 11 is 0. The Kier molecular flexibility index (Phi) is 6.42. The average Bonchev–Trinajstić information content (AvgIpc) is 3.45. The molecule has 8 nitrogen and oxygen atoms in total. The number of aromatic amines is 1. The number of hydrogen-bond donors (Lipinski definition) is 1. The molecule has 0 radical (unpaired) electrons. The van der Waals surface area contributed by atoms with E-state index in [2.05, 4.69) is 14.9 Å². The SMILES string of the molecule is CCC(Oc1cc(-c2cnc3[nH]cc(C(=O)C(C)(C)C)c3n2)cc(N2CCCC2)c1)S(C)(=O)=O. The summed E-state index contributed by atoms with van der Waals surface area (Å²) in [5.74, 6) is 0.456. The van der Waals surface area contributed by atoms with E-state index in [4.69, 9.17) is 9.72 Å². The maximum atomic E-state index is 12.9. The van der Waals surface area contributed by atoms with Crippen molar-refractivity contribution in [3.05, 3.63) is 36.2 Å². The van der Waals surface area contributed by atoms with E-state index in [9.17, 15) is 13.2 Å². The Balaban J connectivity index is 1.81. The van der Waals surface area contributed by atoms with Gasteiger partial charge < -0.3 is 14.6 Å². The first-order valence-electron chi connectivity index (χ1n) is 11.6. The van der Waals surface area contributed by atoms with Crippen LogP contribution in [0.2, 0.25) is 0 Å². The molecule has 1 atom stereocenters. The molecule has 0 bridgehead atoms. The van der Waals surface area contributed by atoms with Crippen molar-refractivity contribution in [2.45, 2.75) is 52.4 Å². The minimum absolute atomic E-state index is 0.0148. The molecule has 1 N–H and O–H groups in total. The monoisotopic (exact) mass is 484 g/mol. The van der Waals surface area contributed by atoms with E-state index in [1.165, 1.54) is 6.26 Å². The molecule has 9 heteroatoms. The number of sulfone groups is 1. The van der Waals surface area contributed by atoms with Gasteiger partial charge >= 0.3 is 0 Å². The quantitative estimate of drug-likeness (QED) is 0.488. The highest BCUT2D eigenvalue weighted by Gasteiger charge is 2.27. The van der Waals surface area contributed by atoms with Crippen LogP contribution in [0.5, 0.6) is 5.75 Å². The zero-order valence-electron chi connectivity index (χ0n) is 20.4. The van der Waals surface area contributed by atoms with Crippen LogP contribution in [0.25, 0.3) is 22.4 Å². The van der Waals surface area contributed by atoms with E-state index in [1.54, 1.807) is 25.4 Å². The number of hydrogen-bond acceptors (Lipinski definition) is 7. The second-order valence-electron chi connectivity index (χ2n) is 9.93. The minimum atomic E-state index is -3.38. The van der Waals surface area contributed by atoms with Gasteiger partial charge in [-0.15, -0.1) is 0 Å². The van der Waals surface area contributed by atoms with Crippen molar-refractivity contribution in [1.82, 2.24) is 15.0 Å². The van der Waals surface area contributed by atoms with E-state index in [0.29, 0.717) is 34.6 Å². The van der Waals surface area contributed by atoms with Gasteiger partial charge in [0.25, 0.3) is 0 Å². The molecule has 0 amide bonds. The fourth-order valence-corrected chi connectivity index (χ4v) is 5.08. The first-order valence-corrected chi connectivity index (χ1v) is 13.6. The lowest BCUT2D eigenvalue weighted by Gasteiger charge is -2.22. The second-order valence-corrected chi connectivity index (χ2v) is 12.1. The number of benzene rings is 1. The number of carbonyl (C=O) groups is 1. The Morgan fingerprint density at radius 1 is 1.21 bits per heavy atom. The number of anilines is 1. The van der Waals surface area contributed by atoms with Gasteiger partial charge in [-0.3, -0.25) is 4.79 Å². The summed E-state index contributed by atoms with van der Waals surface area (Å²) in [6.07, 6.45) is 7.06. The summed E-state index contributed by atoms with van der Waals surface area (Å²) in [4.78, 5) is 27.5. The zero-order valence-corrected chi connectivity index (χ0v) is 21.2. The third kappa shape index (κ3) is 4.94. The van der Waals surface area contributed by atoms with Crippen LogP contribution in [0.15, 0.2) is 30.6 Å². The number of nitrogens with zero attached hydrogens (tertiary/aromatic N) is 3. The van der Waals surface area contributed by atoms with E-state index in [1.807, 2.05) is 32.9 Å². The Morgan fingerprint density at radius 2 is 1.91 bits per heavy atom. The lowest BCUT2D eigenvalue weighted by atomic mass is 9.87. The molecule has 34 heavy (non-hydrogen) atoms. The lowest BCUT2D eigenvalue weighted by molar-refractivity contribution is 0.0860. The Bertz CT molecular complexity index is 1320.